The summed E-state index contributed by atoms with van der Waals surface area (Å²) < 4.78 is 0. The van der Waals surface area contributed by atoms with Gasteiger partial charge >= 0.3 is 0 Å². The summed E-state index contributed by atoms with van der Waals surface area (Å²) in [4.78, 5) is 0. The second-order valence-corrected chi connectivity index (χ2v) is 5.91. The predicted molar refractivity (Wildman–Crippen MR) is 101 cm³/mol. The van der Waals surface area contributed by atoms with E-state index >= 15 is 0 Å². The van der Waals surface area contributed by atoms with Crippen LogP contribution in [-0.4, -0.2) is 5.11 Å². The smallest absolute Gasteiger partial charge is 0.175 e. The highest BCUT2D eigenvalue weighted by Crippen LogP contribution is 2.24. The van der Waals surface area contributed by atoms with Crippen LogP contribution >= 0.6 is 12.2 Å². The number of hydrogen-bond donors (Lipinski definition) is 2. The molecule has 0 amide bonds. The largest absolute Gasteiger partial charge is 0.332 e. The standard InChI is InChI=1S/C19H24N2S/c1-5-15-11-8-12-16(6-2)18(15)21-19(22)20-17-13(3)9-7-10-14(17)4/h7-12H,5-6H2,1-4H3,(H2,20,21,22). The van der Waals surface area contributed by atoms with Crippen LogP contribution < -0.4 is 10.6 Å². The molecule has 0 aliphatic heterocycles. The highest BCUT2D eigenvalue weighted by molar-refractivity contribution is 7.80. The van der Waals surface area contributed by atoms with Crippen molar-refractivity contribution in [3.8, 4) is 0 Å². The maximum atomic E-state index is 5.53. The van der Waals surface area contributed by atoms with Gasteiger partial charge < -0.3 is 10.6 Å². The molecule has 0 radical (unpaired) electrons. The lowest BCUT2D eigenvalue weighted by atomic mass is 10.0. The van der Waals surface area contributed by atoms with Crippen molar-refractivity contribution in [1.82, 2.24) is 0 Å². The third-order valence-electron chi connectivity index (χ3n) is 3.96. The molecule has 2 aromatic rings. The van der Waals surface area contributed by atoms with E-state index in [9.17, 15) is 0 Å². The maximum Gasteiger partial charge on any atom is 0.175 e. The number of thiocarbonyl (C=S) groups is 1. The highest BCUT2D eigenvalue weighted by Gasteiger charge is 2.09. The lowest BCUT2D eigenvalue weighted by Crippen LogP contribution is -2.22. The molecule has 0 heterocycles. The zero-order valence-corrected chi connectivity index (χ0v) is 14.6. The lowest BCUT2D eigenvalue weighted by molar-refractivity contribution is 1.09. The molecule has 2 N–H and O–H groups in total. The van der Waals surface area contributed by atoms with Gasteiger partial charge in [0.25, 0.3) is 0 Å². The lowest BCUT2D eigenvalue weighted by Gasteiger charge is -2.18. The molecule has 0 atom stereocenters. The van der Waals surface area contributed by atoms with E-state index in [4.69, 9.17) is 12.2 Å². The Morgan fingerprint density at radius 1 is 0.818 bits per heavy atom. The van der Waals surface area contributed by atoms with Gasteiger partial charge in [0.1, 0.15) is 0 Å². The zero-order chi connectivity index (χ0) is 16.1. The number of para-hydroxylation sites is 2. The fraction of sp³-hybridized carbons (Fsp3) is 0.316. The van der Waals surface area contributed by atoms with Gasteiger partial charge in [-0.15, -0.1) is 0 Å². The Balaban J connectivity index is 2.23. The van der Waals surface area contributed by atoms with Crippen LogP contribution in [0.25, 0.3) is 0 Å². The fourth-order valence-electron chi connectivity index (χ4n) is 2.67. The second-order valence-electron chi connectivity index (χ2n) is 5.50. The average Bonchev–Trinajstić information content (AvgIpc) is 2.51. The topological polar surface area (TPSA) is 24.1 Å². The van der Waals surface area contributed by atoms with E-state index in [-0.39, 0.29) is 0 Å². The molecular formula is C19H24N2S. The summed E-state index contributed by atoms with van der Waals surface area (Å²) in [6.07, 6.45) is 1.98. The predicted octanol–water partition coefficient (Wildman–Crippen LogP) is 5.24. The summed E-state index contributed by atoms with van der Waals surface area (Å²) >= 11 is 5.53. The van der Waals surface area contributed by atoms with E-state index in [1.807, 2.05) is 0 Å². The van der Waals surface area contributed by atoms with Gasteiger partial charge in [-0.25, -0.2) is 0 Å². The van der Waals surface area contributed by atoms with E-state index in [2.05, 4.69) is 74.7 Å². The van der Waals surface area contributed by atoms with Crippen molar-refractivity contribution < 1.29 is 0 Å². The van der Waals surface area contributed by atoms with Crippen molar-refractivity contribution in [2.75, 3.05) is 10.6 Å². The van der Waals surface area contributed by atoms with Gasteiger partial charge in [-0.2, -0.15) is 0 Å². The molecule has 116 valence electrons. The number of aryl methyl sites for hydroxylation is 4. The SMILES string of the molecule is CCc1cccc(CC)c1NC(=S)Nc1c(C)cccc1C. The van der Waals surface area contributed by atoms with E-state index in [0.717, 1.165) is 24.2 Å². The summed E-state index contributed by atoms with van der Waals surface area (Å²) in [5, 5.41) is 7.40. The number of hydrogen-bond acceptors (Lipinski definition) is 1. The molecule has 2 aromatic carbocycles. The van der Waals surface area contributed by atoms with Crippen LogP contribution in [0.1, 0.15) is 36.1 Å². The first-order valence-electron chi connectivity index (χ1n) is 7.81. The van der Waals surface area contributed by atoms with E-state index in [1.54, 1.807) is 0 Å². The van der Waals surface area contributed by atoms with Gasteiger partial charge in [-0.3, -0.25) is 0 Å². The third kappa shape index (κ3) is 3.66. The van der Waals surface area contributed by atoms with Crippen molar-refractivity contribution in [2.45, 2.75) is 40.5 Å². The fourth-order valence-corrected chi connectivity index (χ4v) is 2.88. The molecule has 0 spiro atoms. The van der Waals surface area contributed by atoms with Gasteiger partial charge in [0.15, 0.2) is 5.11 Å². The van der Waals surface area contributed by atoms with Crippen molar-refractivity contribution in [2.24, 2.45) is 0 Å². The van der Waals surface area contributed by atoms with Crippen molar-refractivity contribution in [3.05, 3.63) is 58.7 Å². The third-order valence-corrected chi connectivity index (χ3v) is 4.16. The van der Waals surface area contributed by atoms with Crippen LogP contribution in [0, 0.1) is 13.8 Å². The molecule has 2 rings (SSSR count). The van der Waals surface area contributed by atoms with Gasteiger partial charge in [0.2, 0.25) is 0 Å². The molecule has 0 aromatic heterocycles. The summed E-state index contributed by atoms with van der Waals surface area (Å²) in [6.45, 7) is 8.52. The molecule has 0 bridgehead atoms. The minimum absolute atomic E-state index is 0.646. The monoisotopic (exact) mass is 312 g/mol. The van der Waals surface area contributed by atoms with Crippen molar-refractivity contribution >= 4 is 28.7 Å². The van der Waals surface area contributed by atoms with E-state index in [0.29, 0.717) is 5.11 Å². The van der Waals surface area contributed by atoms with Crippen LogP contribution in [0.2, 0.25) is 0 Å². The number of nitrogens with one attached hydrogen (secondary N) is 2. The van der Waals surface area contributed by atoms with Crippen LogP contribution in [0.5, 0.6) is 0 Å². The Hall–Kier alpha value is -1.87. The van der Waals surface area contributed by atoms with E-state index in [1.165, 1.54) is 22.3 Å². The van der Waals surface area contributed by atoms with E-state index < -0.39 is 0 Å². The molecule has 0 aliphatic carbocycles. The minimum atomic E-state index is 0.646. The molecule has 0 saturated carbocycles. The summed E-state index contributed by atoms with van der Waals surface area (Å²) in [7, 11) is 0. The molecule has 0 unspecified atom stereocenters. The Labute approximate surface area is 139 Å². The van der Waals surface area contributed by atoms with Crippen LogP contribution in [-0.2, 0) is 12.8 Å². The Morgan fingerprint density at radius 3 is 1.77 bits per heavy atom. The maximum absolute atomic E-state index is 5.53. The first-order valence-corrected chi connectivity index (χ1v) is 8.22. The Morgan fingerprint density at radius 2 is 1.27 bits per heavy atom. The minimum Gasteiger partial charge on any atom is -0.332 e. The van der Waals surface area contributed by atoms with Crippen LogP contribution in [0.4, 0.5) is 11.4 Å². The van der Waals surface area contributed by atoms with Crippen molar-refractivity contribution in [1.29, 1.82) is 0 Å². The Bertz CT molecular complexity index is 635. The summed E-state index contributed by atoms with van der Waals surface area (Å²) in [5.41, 5.74) is 7.23. The van der Waals surface area contributed by atoms with Gasteiger partial charge in [-0.05, 0) is 61.2 Å². The second kappa shape index (κ2) is 7.41. The first kappa shape index (κ1) is 16.5. The Kier molecular flexibility index (Phi) is 5.56. The summed E-state index contributed by atoms with van der Waals surface area (Å²) in [5.74, 6) is 0. The van der Waals surface area contributed by atoms with Crippen molar-refractivity contribution in [3.63, 3.8) is 0 Å². The van der Waals surface area contributed by atoms with Crippen LogP contribution in [0.15, 0.2) is 36.4 Å². The molecule has 3 heteroatoms. The van der Waals surface area contributed by atoms with Gasteiger partial charge in [-0.1, -0.05) is 50.2 Å². The zero-order valence-electron chi connectivity index (χ0n) is 13.8. The highest BCUT2D eigenvalue weighted by atomic mass is 32.1. The average molecular weight is 312 g/mol. The number of anilines is 2. The first-order chi connectivity index (χ1) is 10.6. The number of rotatable bonds is 4. The van der Waals surface area contributed by atoms with Gasteiger partial charge in [0, 0.05) is 11.4 Å². The molecule has 2 nitrogen and oxygen atoms in total. The van der Waals surface area contributed by atoms with Gasteiger partial charge in [0.05, 0.1) is 0 Å². The molecule has 0 aliphatic rings. The molecule has 0 fully saturated rings. The van der Waals surface area contributed by atoms with Crippen LogP contribution in [0.3, 0.4) is 0 Å². The molecular weight excluding hydrogens is 288 g/mol. The quantitative estimate of drug-likeness (QED) is 0.755. The number of benzene rings is 2. The molecule has 22 heavy (non-hydrogen) atoms. The normalized spacial score (nSPS) is 10.4. The molecule has 0 saturated heterocycles. The summed E-state index contributed by atoms with van der Waals surface area (Å²) in [6, 6.07) is 12.7.